The van der Waals surface area contributed by atoms with Gasteiger partial charge >= 0.3 is 0 Å². The number of ether oxygens (including phenoxy) is 1. The van der Waals surface area contributed by atoms with Crippen LogP contribution in [0.4, 0.5) is 4.39 Å². The fourth-order valence-corrected chi connectivity index (χ4v) is 4.34. The molecule has 0 aliphatic carbocycles. The first-order valence-electron chi connectivity index (χ1n) is 11.5. The number of hydrogen-bond acceptors (Lipinski definition) is 4. The number of para-hydroxylation sites is 3. The number of benzene rings is 3. The summed E-state index contributed by atoms with van der Waals surface area (Å²) >= 11 is 0. The Morgan fingerprint density at radius 1 is 0.853 bits per heavy atom. The molecule has 6 nitrogen and oxygen atoms in total. The minimum absolute atomic E-state index is 0.104. The second-order valence-corrected chi connectivity index (χ2v) is 8.46. The van der Waals surface area contributed by atoms with Gasteiger partial charge in [0.25, 0.3) is 5.91 Å². The van der Waals surface area contributed by atoms with E-state index in [0.29, 0.717) is 13.1 Å². The SMILES string of the molecule is O=C(COc1ccccc1F)N1CCN(Cc2nc3ccccc3n2Cc2ccccc2)CC1. The third-order valence-electron chi connectivity index (χ3n) is 6.19. The first-order valence-corrected chi connectivity index (χ1v) is 11.5. The Hall–Kier alpha value is -3.71. The molecule has 0 bridgehead atoms. The van der Waals surface area contributed by atoms with Crippen molar-refractivity contribution in [1.82, 2.24) is 19.4 Å². The summed E-state index contributed by atoms with van der Waals surface area (Å²) in [4.78, 5) is 21.6. The Morgan fingerprint density at radius 3 is 2.35 bits per heavy atom. The second-order valence-electron chi connectivity index (χ2n) is 8.46. The highest BCUT2D eigenvalue weighted by Crippen LogP contribution is 2.20. The predicted molar refractivity (Wildman–Crippen MR) is 129 cm³/mol. The van der Waals surface area contributed by atoms with E-state index in [4.69, 9.17) is 9.72 Å². The molecule has 0 N–H and O–H groups in total. The van der Waals surface area contributed by atoms with Crippen LogP contribution < -0.4 is 4.74 Å². The molecule has 0 radical (unpaired) electrons. The summed E-state index contributed by atoms with van der Waals surface area (Å²) in [5.41, 5.74) is 3.35. The van der Waals surface area contributed by atoms with E-state index in [-0.39, 0.29) is 18.3 Å². The summed E-state index contributed by atoms with van der Waals surface area (Å²) in [6, 6.07) is 24.8. The zero-order valence-electron chi connectivity index (χ0n) is 18.9. The molecule has 34 heavy (non-hydrogen) atoms. The lowest BCUT2D eigenvalue weighted by Crippen LogP contribution is -2.49. The fourth-order valence-electron chi connectivity index (χ4n) is 4.34. The Balaban J connectivity index is 1.22. The van der Waals surface area contributed by atoms with Gasteiger partial charge < -0.3 is 14.2 Å². The Labute approximate surface area is 198 Å². The van der Waals surface area contributed by atoms with Gasteiger partial charge in [-0.05, 0) is 29.8 Å². The van der Waals surface area contributed by atoms with Crippen molar-refractivity contribution in [2.75, 3.05) is 32.8 Å². The van der Waals surface area contributed by atoms with Gasteiger partial charge in [-0.1, -0.05) is 54.6 Å². The lowest BCUT2D eigenvalue weighted by atomic mass is 10.2. The number of carbonyl (C=O) groups excluding carboxylic acids is 1. The fraction of sp³-hybridized carbons (Fsp3) is 0.259. The van der Waals surface area contributed by atoms with Crippen LogP contribution in [-0.2, 0) is 17.9 Å². The smallest absolute Gasteiger partial charge is 0.260 e. The lowest BCUT2D eigenvalue weighted by Gasteiger charge is -2.34. The van der Waals surface area contributed by atoms with Crippen LogP contribution in [0.3, 0.4) is 0 Å². The molecular weight excluding hydrogens is 431 g/mol. The maximum atomic E-state index is 13.7. The summed E-state index contributed by atoms with van der Waals surface area (Å²) in [6.07, 6.45) is 0. The first-order chi connectivity index (χ1) is 16.7. The molecule has 1 fully saturated rings. The summed E-state index contributed by atoms with van der Waals surface area (Å²) in [5.74, 6) is 0.539. The van der Waals surface area contributed by atoms with Gasteiger partial charge in [0.15, 0.2) is 18.2 Å². The standard InChI is InChI=1S/C27H27FN4O2/c28-22-10-4-7-13-25(22)34-20-27(33)31-16-14-30(15-17-31)19-26-29-23-11-5-6-12-24(23)32(26)18-21-8-2-1-3-9-21/h1-13H,14-20H2. The maximum absolute atomic E-state index is 13.7. The molecule has 1 aromatic heterocycles. The molecule has 0 saturated carbocycles. The van der Waals surface area contributed by atoms with Gasteiger partial charge in [0.2, 0.25) is 0 Å². The van der Waals surface area contributed by atoms with Crippen molar-refractivity contribution < 1.29 is 13.9 Å². The van der Waals surface area contributed by atoms with E-state index < -0.39 is 5.82 Å². The topological polar surface area (TPSA) is 50.6 Å². The van der Waals surface area contributed by atoms with E-state index >= 15 is 0 Å². The highest BCUT2D eigenvalue weighted by atomic mass is 19.1. The number of rotatable bonds is 7. The van der Waals surface area contributed by atoms with Crippen LogP contribution in [0.15, 0.2) is 78.9 Å². The van der Waals surface area contributed by atoms with Crippen LogP contribution in [0.2, 0.25) is 0 Å². The zero-order chi connectivity index (χ0) is 23.3. The highest BCUT2D eigenvalue weighted by Gasteiger charge is 2.23. The number of imidazole rings is 1. The minimum atomic E-state index is -0.460. The van der Waals surface area contributed by atoms with E-state index in [0.717, 1.165) is 43.0 Å². The Morgan fingerprint density at radius 2 is 1.56 bits per heavy atom. The van der Waals surface area contributed by atoms with Crippen molar-refractivity contribution in [2.45, 2.75) is 13.1 Å². The Kier molecular flexibility index (Phi) is 6.53. The van der Waals surface area contributed by atoms with Crippen LogP contribution >= 0.6 is 0 Å². The molecule has 5 rings (SSSR count). The van der Waals surface area contributed by atoms with Crippen LogP contribution in [0.1, 0.15) is 11.4 Å². The number of aromatic nitrogens is 2. The third-order valence-corrected chi connectivity index (χ3v) is 6.19. The van der Waals surface area contributed by atoms with E-state index in [9.17, 15) is 9.18 Å². The van der Waals surface area contributed by atoms with Crippen LogP contribution in [0.5, 0.6) is 5.75 Å². The molecule has 1 saturated heterocycles. The average molecular weight is 459 g/mol. The highest BCUT2D eigenvalue weighted by molar-refractivity contribution is 5.78. The molecule has 1 aliphatic heterocycles. The van der Waals surface area contributed by atoms with Gasteiger partial charge in [-0.2, -0.15) is 0 Å². The second kappa shape index (κ2) is 10.1. The molecule has 0 atom stereocenters. The van der Waals surface area contributed by atoms with Crippen molar-refractivity contribution in [3.63, 3.8) is 0 Å². The summed E-state index contributed by atoms with van der Waals surface area (Å²) in [7, 11) is 0. The number of piperazine rings is 1. The van der Waals surface area contributed by atoms with Crippen LogP contribution in [0, 0.1) is 5.82 Å². The number of carbonyl (C=O) groups is 1. The summed E-state index contributed by atoms with van der Waals surface area (Å²) in [6.45, 7) is 4.04. The monoisotopic (exact) mass is 458 g/mol. The molecule has 1 aliphatic rings. The molecule has 0 spiro atoms. The molecule has 1 amide bonds. The Bertz CT molecular complexity index is 1270. The molecule has 0 unspecified atom stereocenters. The molecule has 3 aromatic carbocycles. The molecule has 4 aromatic rings. The van der Waals surface area contributed by atoms with Gasteiger partial charge in [0, 0.05) is 32.7 Å². The van der Waals surface area contributed by atoms with Gasteiger partial charge in [-0.3, -0.25) is 9.69 Å². The lowest BCUT2D eigenvalue weighted by molar-refractivity contribution is -0.135. The number of nitrogens with zero attached hydrogens (tertiary/aromatic N) is 4. The first kappa shape index (κ1) is 22.1. The summed E-state index contributed by atoms with van der Waals surface area (Å²) in [5, 5.41) is 0. The molecule has 174 valence electrons. The number of amides is 1. The van der Waals surface area contributed by atoms with E-state index in [1.165, 1.54) is 17.7 Å². The van der Waals surface area contributed by atoms with Crippen molar-refractivity contribution in [1.29, 1.82) is 0 Å². The normalized spacial score (nSPS) is 14.4. The zero-order valence-corrected chi connectivity index (χ0v) is 18.9. The van der Waals surface area contributed by atoms with Gasteiger partial charge in [0.1, 0.15) is 5.82 Å². The number of halogens is 1. The molecule has 7 heteroatoms. The van der Waals surface area contributed by atoms with Gasteiger partial charge in [-0.25, -0.2) is 9.37 Å². The van der Waals surface area contributed by atoms with E-state index in [2.05, 4.69) is 39.8 Å². The quantitative estimate of drug-likeness (QED) is 0.421. The average Bonchev–Trinajstić information content (AvgIpc) is 3.21. The van der Waals surface area contributed by atoms with Crippen molar-refractivity contribution in [3.05, 3.63) is 96.1 Å². The van der Waals surface area contributed by atoms with Gasteiger partial charge in [0.05, 0.1) is 17.6 Å². The van der Waals surface area contributed by atoms with Crippen molar-refractivity contribution in [3.8, 4) is 5.75 Å². The third kappa shape index (κ3) is 4.94. The van der Waals surface area contributed by atoms with Gasteiger partial charge in [-0.15, -0.1) is 0 Å². The summed E-state index contributed by atoms with van der Waals surface area (Å²) < 4.78 is 21.4. The maximum Gasteiger partial charge on any atom is 0.260 e. The van der Waals surface area contributed by atoms with Crippen LogP contribution in [-0.4, -0.2) is 58.0 Å². The van der Waals surface area contributed by atoms with E-state index in [1.807, 2.05) is 24.3 Å². The van der Waals surface area contributed by atoms with E-state index in [1.54, 1.807) is 17.0 Å². The predicted octanol–water partition coefficient (Wildman–Crippen LogP) is 3.95. The minimum Gasteiger partial charge on any atom is -0.481 e. The number of hydrogen-bond donors (Lipinski definition) is 0. The van der Waals surface area contributed by atoms with Crippen molar-refractivity contribution in [2.24, 2.45) is 0 Å². The number of fused-ring (bicyclic) bond motifs is 1. The van der Waals surface area contributed by atoms with Crippen molar-refractivity contribution >= 4 is 16.9 Å². The van der Waals surface area contributed by atoms with Crippen LogP contribution in [0.25, 0.3) is 11.0 Å². The largest absolute Gasteiger partial charge is 0.481 e. The molecular formula is C27H27FN4O2. The molecule has 2 heterocycles.